The van der Waals surface area contributed by atoms with Gasteiger partial charge < -0.3 is 9.47 Å². The lowest BCUT2D eigenvalue weighted by Crippen LogP contribution is -2.09. The fourth-order valence-corrected chi connectivity index (χ4v) is 6.38. The molecule has 0 fully saturated rings. The lowest BCUT2D eigenvalue weighted by atomic mass is 9.98. The van der Waals surface area contributed by atoms with E-state index in [1.54, 1.807) is 6.33 Å². The average Bonchev–Trinajstić information content (AvgIpc) is 3.44. The van der Waals surface area contributed by atoms with Gasteiger partial charge in [-0.25, -0.2) is 9.97 Å². The van der Waals surface area contributed by atoms with E-state index < -0.39 is 0 Å². The van der Waals surface area contributed by atoms with Crippen molar-refractivity contribution in [2.45, 2.75) is 6.92 Å². The molecule has 0 aliphatic heterocycles. The first kappa shape index (κ1) is 26.6. The summed E-state index contributed by atoms with van der Waals surface area (Å²) in [6.45, 7) is 2.20. The van der Waals surface area contributed by atoms with Gasteiger partial charge in [0, 0.05) is 51.5 Å². The zero-order valence-electron chi connectivity index (χ0n) is 24.9. The van der Waals surface area contributed by atoms with Crippen molar-refractivity contribution < 1.29 is 0 Å². The Balaban J connectivity index is 1.22. The van der Waals surface area contributed by atoms with Crippen LogP contribution in [0.4, 0.5) is 17.1 Å². The molecule has 0 unspecified atom stereocenters. The third kappa shape index (κ3) is 4.83. The summed E-state index contributed by atoms with van der Waals surface area (Å²) >= 11 is 0. The van der Waals surface area contributed by atoms with Crippen LogP contribution >= 0.6 is 0 Å². The Morgan fingerprint density at radius 3 is 1.80 bits per heavy atom. The summed E-state index contributed by atoms with van der Waals surface area (Å²) in [5, 5.41) is 2.46. The normalized spacial score (nSPS) is 11.2. The number of para-hydroxylation sites is 3. The molecule has 0 N–H and O–H groups in total. The highest BCUT2D eigenvalue weighted by Crippen LogP contribution is 2.40. The maximum Gasteiger partial charge on any atom is 0.115 e. The third-order valence-corrected chi connectivity index (χ3v) is 8.50. The smallest absolute Gasteiger partial charge is 0.115 e. The molecule has 0 radical (unpaired) electrons. The Morgan fingerprint density at radius 2 is 1.11 bits per heavy atom. The Kier molecular flexibility index (Phi) is 6.65. The van der Waals surface area contributed by atoms with Crippen molar-refractivity contribution in [2.24, 2.45) is 0 Å². The summed E-state index contributed by atoms with van der Waals surface area (Å²) in [6.07, 6.45) is 5.25. The number of nitrogens with zero attached hydrogens (tertiary/aromatic N) is 4. The number of rotatable bonds is 6. The summed E-state index contributed by atoms with van der Waals surface area (Å²) in [7, 11) is 0. The zero-order valence-corrected chi connectivity index (χ0v) is 24.9. The Morgan fingerprint density at radius 1 is 0.489 bits per heavy atom. The second kappa shape index (κ2) is 11.3. The van der Waals surface area contributed by atoms with Crippen molar-refractivity contribution in [1.82, 2.24) is 14.5 Å². The second-order valence-corrected chi connectivity index (χ2v) is 11.3. The third-order valence-electron chi connectivity index (χ3n) is 8.50. The summed E-state index contributed by atoms with van der Waals surface area (Å²) < 4.78 is 2.39. The van der Waals surface area contributed by atoms with Crippen LogP contribution in [0.15, 0.2) is 164 Å². The molecule has 0 aliphatic carbocycles. The Bertz CT molecular complexity index is 2220. The molecule has 2 heterocycles. The van der Waals surface area contributed by atoms with Gasteiger partial charge in [0.15, 0.2) is 0 Å². The molecule has 0 saturated carbocycles. The van der Waals surface area contributed by atoms with E-state index in [9.17, 15) is 0 Å². The minimum atomic E-state index is 1.02. The fourth-order valence-electron chi connectivity index (χ4n) is 6.38. The quantitative estimate of drug-likeness (QED) is 0.197. The molecule has 4 nitrogen and oxygen atoms in total. The number of anilines is 3. The van der Waals surface area contributed by atoms with Gasteiger partial charge in [-0.3, -0.25) is 0 Å². The van der Waals surface area contributed by atoms with E-state index >= 15 is 0 Å². The first-order valence-corrected chi connectivity index (χ1v) is 15.1. The molecule has 2 aromatic heterocycles. The largest absolute Gasteiger partial charge is 0.310 e. The molecule has 0 saturated heterocycles. The minimum Gasteiger partial charge on any atom is -0.310 e. The van der Waals surface area contributed by atoms with Crippen molar-refractivity contribution in [3.8, 4) is 27.9 Å². The van der Waals surface area contributed by atoms with Crippen molar-refractivity contribution in [1.29, 1.82) is 0 Å². The van der Waals surface area contributed by atoms with Crippen molar-refractivity contribution >= 4 is 38.9 Å². The molecule has 45 heavy (non-hydrogen) atoms. The number of benzene rings is 6. The van der Waals surface area contributed by atoms with Crippen LogP contribution in [0.1, 0.15) is 5.56 Å². The predicted octanol–water partition coefficient (Wildman–Crippen LogP) is 10.7. The number of hydrogen-bond donors (Lipinski definition) is 0. The number of aromatic nitrogens is 3. The maximum atomic E-state index is 4.16. The Hall–Kier alpha value is -6.00. The van der Waals surface area contributed by atoms with Crippen LogP contribution in [0.2, 0.25) is 0 Å². The van der Waals surface area contributed by atoms with Crippen LogP contribution in [0.3, 0.4) is 0 Å². The summed E-state index contributed by atoms with van der Waals surface area (Å²) in [5.74, 6) is 0. The lowest BCUT2D eigenvalue weighted by molar-refractivity contribution is 1.17. The van der Waals surface area contributed by atoms with E-state index in [-0.39, 0.29) is 0 Å². The van der Waals surface area contributed by atoms with Crippen LogP contribution in [0.5, 0.6) is 0 Å². The highest BCUT2D eigenvalue weighted by Gasteiger charge is 2.17. The molecule has 6 aromatic carbocycles. The van der Waals surface area contributed by atoms with Crippen LogP contribution in [0, 0.1) is 6.92 Å². The predicted molar refractivity (Wildman–Crippen MR) is 187 cm³/mol. The summed E-state index contributed by atoms with van der Waals surface area (Å²) in [4.78, 5) is 10.6. The van der Waals surface area contributed by atoms with E-state index in [2.05, 4.69) is 172 Å². The molecule has 4 heteroatoms. The van der Waals surface area contributed by atoms with Crippen LogP contribution in [0.25, 0.3) is 49.7 Å². The first-order valence-electron chi connectivity index (χ1n) is 15.1. The first-order chi connectivity index (χ1) is 22.2. The maximum absolute atomic E-state index is 4.16. The lowest BCUT2D eigenvalue weighted by Gasteiger charge is -2.25. The molecule has 8 aromatic rings. The Labute approximate surface area is 262 Å². The number of hydrogen-bond acceptors (Lipinski definition) is 3. The molecule has 0 aliphatic rings. The van der Waals surface area contributed by atoms with Gasteiger partial charge in [0.2, 0.25) is 0 Å². The molecule has 0 amide bonds. The molecule has 214 valence electrons. The summed E-state index contributed by atoms with van der Waals surface area (Å²) in [6, 6.07) is 52.1. The van der Waals surface area contributed by atoms with Gasteiger partial charge >= 0.3 is 0 Å². The van der Waals surface area contributed by atoms with Crippen LogP contribution in [-0.4, -0.2) is 14.5 Å². The van der Waals surface area contributed by atoms with Crippen LogP contribution in [-0.2, 0) is 0 Å². The van der Waals surface area contributed by atoms with Gasteiger partial charge in [-0.2, -0.15) is 0 Å². The monoisotopic (exact) mass is 578 g/mol. The summed E-state index contributed by atoms with van der Waals surface area (Å²) in [5.41, 5.74) is 12.7. The van der Waals surface area contributed by atoms with Gasteiger partial charge in [-0.1, -0.05) is 84.9 Å². The van der Waals surface area contributed by atoms with Gasteiger partial charge in [-0.05, 0) is 89.8 Å². The minimum absolute atomic E-state index is 1.02. The second-order valence-electron chi connectivity index (χ2n) is 11.3. The van der Waals surface area contributed by atoms with Gasteiger partial charge in [0.1, 0.15) is 6.33 Å². The fraction of sp³-hybridized carbons (Fsp3) is 0.0244. The number of aryl methyl sites for hydroxylation is 1. The standard InChI is InChI=1S/C41H30N4/c1-29-24-35(20-22-37(29)31-18-16-30(17-19-31)32-26-42-28-43-27-32)45-40-15-9-8-14-38(40)39-25-36(21-23-41(39)45)44(33-10-4-2-5-11-33)34-12-6-3-7-13-34/h2-28H,1H3. The molecule has 0 spiro atoms. The number of fused-ring (bicyclic) bond motifs is 3. The van der Waals surface area contributed by atoms with E-state index in [1.165, 1.54) is 38.5 Å². The topological polar surface area (TPSA) is 34.0 Å². The van der Waals surface area contributed by atoms with E-state index in [0.717, 1.165) is 33.9 Å². The molecular formula is C41H30N4. The van der Waals surface area contributed by atoms with Crippen molar-refractivity contribution in [2.75, 3.05) is 4.90 Å². The van der Waals surface area contributed by atoms with Gasteiger partial charge in [-0.15, -0.1) is 0 Å². The van der Waals surface area contributed by atoms with E-state index in [1.807, 2.05) is 12.4 Å². The highest BCUT2D eigenvalue weighted by atomic mass is 15.1. The van der Waals surface area contributed by atoms with Crippen molar-refractivity contribution in [3.63, 3.8) is 0 Å². The van der Waals surface area contributed by atoms with Gasteiger partial charge in [0.05, 0.1) is 11.0 Å². The van der Waals surface area contributed by atoms with Crippen molar-refractivity contribution in [3.05, 3.63) is 170 Å². The molecule has 0 atom stereocenters. The molecule has 0 bridgehead atoms. The van der Waals surface area contributed by atoms with E-state index in [0.29, 0.717) is 0 Å². The highest BCUT2D eigenvalue weighted by molar-refractivity contribution is 6.10. The van der Waals surface area contributed by atoms with E-state index in [4.69, 9.17) is 0 Å². The zero-order chi connectivity index (χ0) is 30.2. The SMILES string of the molecule is Cc1cc(-n2c3ccccc3c3cc(N(c4ccccc4)c4ccccc4)ccc32)ccc1-c1ccc(-c2cncnc2)cc1. The van der Waals surface area contributed by atoms with Crippen LogP contribution < -0.4 is 4.90 Å². The molecular weight excluding hydrogens is 548 g/mol. The average molecular weight is 579 g/mol. The molecule has 8 rings (SSSR count). The van der Waals surface area contributed by atoms with Gasteiger partial charge in [0.25, 0.3) is 0 Å².